The summed E-state index contributed by atoms with van der Waals surface area (Å²) >= 11 is 0. The molecule has 2 rings (SSSR count). The van der Waals surface area contributed by atoms with Crippen molar-refractivity contribution in [3.63, 3.8) is 0 Å². The van der Waals surface area contributed by atoms with Gasteiger partial charge in [0.2, 0.25) is 5.75 Å². The number of ether oxygens (including phenoxy) is 4. The van der Waals surface area contributed by atoms with Crippen molar-refractivity contribution in [2.24, 2.45) is 5.84 Å². The van der Waals surface area contributed by atoms with Crippen molar-refractivity contribution in [2.75, 3.05) is 28.4 Å². The molecule has 0 radical (unpaired) electrons. The molecule has 0 fully saturated rings. The summed E-state index contributed by atoms with van der Waals surface area (Å²) in [5, 5.41) is 2.55. The van der Waals surface area contributed by atoms with Gasteiger partial charge in [0.15, 0.2) is 11.5 Å². The Labute approximate surface area is 168 Å². The van der Waals surface area contributed by atoms with Crippen LogP contribution in [0.1, 0.15) is 15.9 Å². The smallest absolute Gasteiger partial charge is 0.281 e. The van der Waals surface area contributed by atoms with Gasteiger partial charge in [0.25, 0.3) is 11.8 Å². The van der Waals surface area contributed by atoms with Crippen LogP contribution < -0.4 is 35.5 Å². The molecule has 4 N–H and O–H groups in total. The Balaban J connectivity index is 2.40. The van der Waals surface area contributed by atoms with Crippen LogP contribution in [-0.2, 0) is 4.79 Å². The maximum Gasteiger partial charge on any atom is 0.281 e. The van der Waals surface area contributed by atoms with Gasteiger partial charge in [0, 0.05) is 5.56 Å². The largest absolute Gasteiger partial charge is 0.497 e. The van der Waals surface area contributed by atoms with Crippen LogP contribution in [0.25, 0.3) is 6.08 Å². The third-order valence-electron chi connectivity index (χ3n) is 3.97. The Kier molecular flexibility index (Phi) is 7.44. The van der Waals surface area contributed by atoms with Crippen molar-refractivity contribution in [2.45, 2.75) is 0 Å². The number of nitrogens with two attached hydrogens (primary N) is 1. The Morgan fingerprint density at radius 3 is 1.93 bits per heavy atom. The molecule has 0 spiro atoms. The summed E-state index contributed by atoms with van der Waals surface area (Å²) in [4.78, 5) is 24.7. The minimum absolute atomic E-state index is 0.0670. The summed E-state index contributed by atoms with van der Waals surface area (Å²) in [6, 6.07) is 9.69. The van der Waals surface area contributed by atoms with E-state index in [1.165, 1.54) is 34.5 Å². The van der Waals surface area contributed by atoms with E-state index in [-0.39, 0.29) is 5.70 Å². The summed E-state index contributed by atoms with van der Waals surface area (Å²) in [6.07, 6.45) is 1.44. The fourth-order valence-corrected chi connectivity index (χ4v) is 2.52. The average Bonchev–Trinajstić information content (AvgIpc) is 2.77. The van der Waals surface area contributed by atoms with Gasteiger partial charge in [-0.25, -0.2) is 5.84 Å². The van der Waals surface area contributed by atoms with E-state index in [0.717, 1.165) is 0 Å². The molecule has 0 aliphatic heterocycles. The summed E-state index contributed by atoms with van der Waals surface area (Å²) in [5.41, 5.74) is 2.80. The molecule has 0 saturated heterocycles. The number of carbonyl (C=O) groups is 2. The lowest BCUT2D eigenvalue weighted by Crippen LogP contribution is -2.38. The van der Waals surface area contributed by atoms with E-state index < -0.39 is 11.8 Å². The van der Waals surface area contributed by atoms with Gasteiger partial charge in [0.05, 0.1) is 28.4 Å². The Hall–Kier alpha value is -3.72. The molecule has 0 unspecified atom stereocenters. The van der Waals surface area contributed by atoms with Crippen LogP contribution >= 0.6 is 0 Å². The highest BCUT2D eigenvalue weighted by atomic mass is 16.5. The first-order chi connectivity index (χ1) is 14.0. The number of hydrogen-bond acceptors (Lipinski definition) is 7. The van der Waals surface area contributed by atoms with Gasteiger partial charge < -0.3 is 24.3 Å². The maximum absolute atomic E-state index is 12.5. The first kappa shape index (κ1) is 21.6. The van der Waals surface area contributed by atoms with Gasteiger partial charge in [-0.2, -0.15) is 0 Å². The van der Waals surface area contributed by atoms with Gasteiger partial charge in [0.1, 0.15) is 11.4 Å². The summed E-state index contributed by atoms with van der Waals surface area (Å²) < 4.78 is 21.0. The molecule has 0 aliphatic rings. The van der Waals surface area contributed by atoms with Crippen molar-refractivity contribution in [3.05, 3.63) is 53.2 Å². The molecule has 2 aromatic rings. The standard InChI is InChI=1S/C20H23N3O6/c1-26-14-7-5-13(6-8-14)19(24)22-15(20(25)23-21)9-12-10-16(27-2)18(29-4)17(11-12)28-3/h5-11H,21H2,1-4H3,(H,22,24)(H,23,25)/b15-9-. The lowest BCUT2D eigenvalue weighted by atomic mass is 10.1. The number of nitrogens with one attached hydrogen (secondary N) is 2. The number of methoxy groups -OCH3 is 4. The minimum atomic E-state index is -0.680. The molecule has 0 aromatic heterocycles. The second kappa shape index (κ2) is 10.00. The number of amides is 2. The fraction of sp³-hybridized carbons (Fsp3) is 0.200. The van der Waals surface area contributed by atoms with E-state index in [1.54, 1.807) is 36.4 Å². The lowest BCUT2D eigenvalue weighted by molar-refractivity contribution is -0.117. The van der Waals surface area contributed by atoms with Crippen LogP contribution in [0.4, 0.5) is 0 Å². The highest BCUT2D eigenvalue weighted by molar-refractivity contribution is 6.05. The number of rotatable bonds is 8. The van der Waals surface area contributed by atoms with Crippen LogP contribution in [0.5, 0.6) is 23.0 Å². The monoisotopic (exact) mass is 401 g/mol. The van der Waals surface area contributed by atoms with Crippen molar-refractivity contribution in [1.82, 2.24) is 10.7 Å². The third kappa shape index (κ3) is 5.17. The Morgan fingerprint density at radius 1 is 0.897 bits per heavy atom. The Bertz CT molecular complexity index is 884. The van der Waals surface area contributed by atoms with Gasteiger partial charge in [-0.15, -0.1) is 0 Å². The van der Waals surface area contributed by atoms with E-state index in [4.69, 9.17) is 24.8 Å². The maximum atomic E-state index is 12.5. The van der Waals surface area contributed by atoms with Gasteiger partial charge in [-0.1, -0.05) is 0 Å². The molecule has 0 atom stereocenters. The predicted octanol–water partition coefficient (Wildman–Crippen LogP) is 1.48. The molecule has 9 nitrogen and oxygen atoms in total. The molecule has 29 heavy (non-hydrogen) atoms. The molecular formula is C20H23N3O6. The van der Waals surface area contributed by atoms with Crippen LogP contribution in [0, 0.1) is 0 Å². The summed E-state index contributed by atoms with van der Waals surface area (Å²) in [6.45, 7) is 0. The van der Waals surface area contributed by atoms with E-state index in [1.807, 2.05) is 5.43 Å². The SMILES string of the molecule is COc1ccc(C(=O)N/C(=C\c2cc(OC)c(OC)c(OC)c2)C(=O)NN)cc1. The molecular weight excluding hydrogens is 378 g/mol. The zero-order chi connectivity index (χ0) is 21.4. The van der Waals surface area contributed by atoms with Crippen molar-refractivity contribution >= 4 is 17.9 Å². The molecule has 0 saturated carbocycles. The lowest BCUT2D eigenvalue weighted by Gasteiger charge is -2.14. The molecule has 154 valence electrons. The van der Waals surface area contributed by atoms with Crippen LogP contribution in [0.3, 0.4) is 0 Å². The first-order valence-corrected chi connectivity index (χ1v) is 8.45. The predicted molar refractivity (Wildman–Crippen MR) is 107 cm³/mol. The van der Waals surface area contributed by atoms with Crippen molar-refractivity contribution in [3.8, 4) is 23.0 Å². The third-order valence-corrected chi connectivity index (χ3v) is 3.97. The normalized spacial score (nSPS) is 10.7. The Morgan fingerprint density at radius 2 is 1.48 bits per heavy atom. The van der Waals surface area contributed by atoms with Gasteiger partial charge in [-0.3, -0.25) is 15.0 Å². The van der Waals surface area contributed by atoms with Crippen molar-refractivity contribution < 1.29 is 28.5 Å². The molecule has 0 bridgehead atoms. The quantitative estimate of drug-likeness (QED) is 0.265. The van der Waals surface area contributed by atoms with Crippen LogP contribution in [0.2, 0.25) is 0 Å². The highest BCUT2D eigenvalue weighted by Gasteiger charge is 2.17. The summed E-state index contributed by atoms with van der Waals surface area (Å²) in [5.74, 6) is 5.89. The second-order valence-corrected chi connectivity index (χ2v) is 5.67. The van der Waals surface area contributed by atoms with Crippen molar-refractivity contribution in [1.29, 1.82) is 0 Å². The molecule has 2 amide bonds. The molecule has 0 aliphatic carbocycles. The zero-order valence-corrected chi connectivity index (χ0v) is 16.6. The number of hydrogen-bond donors (Lipinski definition) is 3. The number of hydrazine groups is 1. The van der Waals surface area contributed by atoms with E-state index in [2.05, 4.69) is 5.32 Å². The first-order valence-electron chi connectivity index (χ1n) is 8.45. The topological polar surface area (TPSA) is 121 Å². The van der Waals surface area contributed by atoms with Crippen LogP contribution in [-0.4, -0.2) is 40.3 Å². The zero-order valence-electron chi connectivity index (χ0n) is 16.6. The van der Waals surface area contributed by atoms with E-state index in [0.29, 0.717) is 34.1 Å². The van der Waals surface area contributed by atoms with Gasteiger partial charge >= 0.3 is 0 Å². The molecule has 2 aromatic carbocycles. The van der Waals surface area contributed by atoms with E-state index in [9.17, 15) is 9.59 Å². The molecule has 9 heteroatoms. The van der Waals surface area contributed by atoms with Gasteiger partial charge in [-0.05, 0) is 48.0 Å². The van der Waals surface area contributed by atoms with E-state index >= 15 is 0 Å². The fourth-order valence-electron chi connectivity index (χ4n) is 2.52. The van der Waals surface area contributed by atoms with Crippen LogP contribution in [0.15, 0.2) is 42.1 Å². The average molecular weight is 401 g/mol. The number of carbonyl (C=O) groups excluding carboxylic acids is 2. The second-order valence-electron chi connectivity index (χ2n) is 5.67. The highest BCUT2D eigenvalue weighted by Crippen LogP contribution is 2.38. The number of benzene rings is 2. The molecule has 0 heterocycles. The summed E-state index contributed by atoms with van der Waals surface area (Å²) in [7, 11) is 5.96. The minimum Gasteiger partial charge on any atom is -0.497 e.